The fourth-order valence-corrected chi connectivity index (χ4v) is 5.75. The first kappa shape index (κ1) is 14.6. The maximum atomic E-state index is 4.98. The Morgan fingerprint density at radius 1 is 1.17 bits per heavy atom. The van der Waals surface area contributed by atoms with Crippen LogP contribution in [0.15, 0.2) is 6.33 Å². The number of aromatic nitrogens is 4. The number of rotatable bonds is 2. The van der Waals surface area contributed by atoms with Gasteiger partial charge in [0.25, 0.3) is 0 Å². The average molecular weight is 341 g/mol. The molecule has 5 rings (SSSR count). The summed E-state index contributed by atoms with van der Waals surface area (Å²) in [5.74, 6) is 1.47. The Labute approximate surface area is 145 Å². The molecule has 1 saturated carbocycles. The SMILES string of the molecule is C[C@@H]1CCCc2sc3nc(NC4CCCCC4)n4ncnc4c3c21. The van der Waals surface area contributed by atoms with E-state index in [0.717, 1.165) is 16.4 Å². The minimum absolute atomic E-state index is 0.518. The Bertz CT molecular complexity index is 890. The molecule has 3 aromatic rings. The van der Waals surface area contributed by atoms with Crippen LogP contribution >= 0.6 is 11.3 Å². The number of anilines is 1. The van der Waals surface area contributed by atoms with Crippen LogP contribution in [0.1, 0.15) is 68.2 Å². The van der Waals surface area contributed by atoms with Crippen LogP contribution in [0.25, 0.3) is 15.9 Å². The quantitative estimate of drug-likeness (QED) is 0.744. The van der Waals surface area contributed by atoms with Crippen LogP contribution in [0.2, 0.25) is 0 Å². The first-order valence-electron chi connectivity index (χ1n) is 9.23. The first-order valence-corrected chi connectivity index (χ1v) is 10.0. The Hall–Kier alpha value is -1.69. The number of nitrogens with zero attached hydrogens (tertiary/aromatic N) is 4. The summed E-state index contributed by atoms with van der Waals surface area (Å²) in [5.41, 5.74) is 2.46. The van der Waals surface area contributed by atoms with Crippen LogP contribution in [0.3, 0.4) is 0 Å². The van der Waals surface area contributed by atoms with Crippen LogP contribution in [-0.4, -0.2) is 25.6 Å². The average Bonchev–Trinajstić information content (AvgIpc) is 3.20. The Morgan fingerprint density at radius 2 is 2.04 bits per heavy atom. The molecule has 1 fully saturated rings. The third kappa shape index (κ3) is 2.23. The third-order valence-corrected chi connectivity index (χ3v) is 6.81. The second kappa shape index (κ2) is 5.69. The lowest BCUT2D eigenvalue weighted by atomic mass is 9.87. The molecule has 126 valence electrons. The maximum absolute atomic E-state index is 4.98. The van der Waals surface area contributed by atoms with Gasteiger partial charge in [0, 0.05) is 10.9 Å². The molecule has 1 atom stereocenters. The van der Waals surface area contributed by atoms with Gasteiger partial charge in [0.1, 0.15) is 11.2 Å². The highest BCUT2D eigenvalue weighted by Crippen LogP contribution is 2.43. The Balaban J connectivity index is 1.67. The molecular formula is C18H23N5S. The van der Waals surface area contributed by atoms with Crippen molar-refractivity contribution in [1.82, 2.24) is 19.6 Å². The standard InChI is InChI=1S/C18H23N5S/c1-11-6-5-9-13-14(11)15-16-19-10-20-23(16)18(22-17(15)24-13)21-12-7-3-2-4-8-12/h10-12H,2-9H2,1H3,(H,21,22)/t11-/m1/s1. The third-order valence-electron chi connectivity index (χ3n) is 5.66. The lowest BCUT2D eigenvalue weighted by Gasteiger charge is -2.23. The summed E-state index contributed by atoms with van der Waals surface area (Å²) in [5, 5.41) is 9.37. The van der Waals surface area contributed by atoms with Gasteiger partial charge in [-0.15, -0.1) is 11.3 Å². The van der Waals surface area contributed by atoms with E-state index in [1.165, 1.54) is 67.2 Å². The summed E-state index contributed by atoms with van der Waals surface area (Å²) in [7, 11) is 0. The molecule has 3 heterocycles. The molecule has 0 saturated heterocycles. The van der Waals surface area contributed by atoms with Crippen LogP contribution in [-0.2, 0) is 6.42 Å². The summed E-state index contributed by atoms with van der Waals surface area (Å²) >= 11 is 1.87. The molecule has 0 aromatic carbocycles. The molecule has 6 heteroatoms. The van der Waals surface area contributed by atoms with E-state index in [1.54, 1.807) is 6.33 Å². The molecule has 0 aliphatic heterocycles. The second-order valence-corrected chi connectivity index (χ2v) is 8.41. The molecule has 2 aliphatic carbocycles. The van der Waals surface area contributed by atoms with Crippen molar-refractivity contribution >= 4 is 33.1 Å². The van der Waals surface area contributed by atoms with E-state index < -0.39 is 0 Å². The number of aryl methyl sites for hydroxylation is 1. The molecule has 0 unspecified atom stereocenters. The van der Waals surface area contributed by atoms with Gasteiger partial charge in [0.15, 0.2) is 5.65 Å². The Kier molecular flexibility index (Phi) is 3.47. The van der Waals surface area contributed by atoms with E-state index in [1.807, 2.05) is 15.9 Å². The highest BCUT2D eigenvalue weighted by atomic mass is 32.1. The molecule has 5 nitrogen and oxygen atoms in total. The zero-order valence-electron chi connectivity index (χ0n) is 14.1. The van der Waals surface area contributed by atoms with Crippen molar-refractivity contribution in [2.24, 2.45) is 0 Å². The largest absolute Gasteiger partial charge is 0.351 e. The van der Waals surface area contributed by atoms with Gasteiger partial charge in [0.2, 0.25) is 5.95 Å². The van der Waals surface area contributed by atoms with Crippen molar-refractivity contribution in [3.05, 3.63) is 16.8 Å². The molecular weight excluding hydrogens is 318 g/mol. The molecule has 1 N–H and O–H groups in total. The van der Waals surface area contributed by atoms with Gasteiger partial charge in [-0.25, -0.2) is 9.97 Å². The fourth-order valence-electron chi connectivity index (χ4n) is 4.43. The molecule has 0 bridgehead atoms. The smallest absolute Gasteiger partial charge is 0.227 e. The van der Waals surface area contributed by atoms with Gasteiger partial charge >= 0.3 is 0 Å². The van der Waals surface area contributed by atoms with E-state index >= 15 is 0 Å². The van der Waals surface area contributed by atoms with Crippen LogP contribution < -0.4 is 5.32 Å². The minimum atomic E-state index is 0.518. The van der Waals surface area contributed by atoms with Gasteiger partial charge in [-0.3, -0.25) is 0 Å². The van der Waals surface area contributed by atoms with Gasteiger partial charge < -0.3 is 5.32 Å². The van der Waals surface area contributed by atoms with Gasteiger partial charge in [-0.2, -0.15) is 9.61 Å². The minimum Gasteiger partial charge on any atom is -0.351 e. The van der Waals surface area contributed by atoms with Gasteiger partial charge in [-0.05, 0) is 43.6 Å². The van der Waals surface area contributed by atoms with Crippen molar-refractivity contribution in [3.8, 4) is 0 Å². The first-order chi connectivity index (χ1) is 11.8. The Morgan fingerprint density at radius 3 is 2.92 bits per heavy atom. The van der Waals surface area contributed by atoms with Crippen LogP contribution in [0, 0.1) is 0 Å². The molecule has 3 aromatic heterocycles. The zero-order valence-corrected chi connectivity index (χ0v) is 14.9. The van der Waals surface area contributed by atoms with Crippen molar-refractivity contribution in [3.63, 3.8) is 0 Å². The number of hydrogen-bond donors (Lipinski definition) is 1. The van der Waals surface area contributed by atoms with Gasteiger partial charge in [-0.1, -0.05) is 26.2 Å². The number of hydrogen-bond acceptors (Lipinski definition) is 5. The highest BCUT2D eigenvalue weighted by Gasteiger charge is 2.26. The zero-order chi connectivity index (χ0) is 16.1. The topological polar surface area (TPSA) is 55.1 Å². The lowest BCUT2D eigenvalue weighted by Crippen LogP contribution is -2.24. The number of nitrogens with one attached hydrogen (secondary N) is 1. The fraction of sp³-hybridized carbons (Fsp3) is 0.611. The summed E-state index contributed by atoms with van der Waals surface area (Å²) < 4.78 is 1.92. The normalized spacial score (nSPS) is 22.1. The van der Waals surface area contributed by atoms with E-state index in [2.05, 4.69) is 22.3 Å². The molecule has 0 radical (unpaired) electrons. The maximum Gasteiger partial charge on any atom is 0.227 e. The van der Waals surface area contributed by atoms with E-state index in [0.29, 0.717) is 12.0 Å². The van der Waals surface area contributed by atoms with E-state index in [4.69, 9.17) is 4.98 Å². The van der Waals surface area contributed by atoms with Crippen LogP contribution in [0.5, 0.6) is 0 Å². The van der Waals surface area contributed by atoms with Crippen molar-refractivity contribution < 1.29 is 0 Å². The molecule has 2 aliphatic rings. The number of fused-ring (bicyclic) bond motifs is 5. The molecule has 0 spiro atoms. The highest BCUT2D eigenvalue weighted by molar-refractivity contribution is 7.19. The summed E-state index contributed by atoms with van der Waals surface area (Å²) in [4.78, 5) is 12.2. The van der Waals surface area contributed by atoms with E-state index in [9.17, 15) is 0 Å². The van der Waals surface area contributed by atoms with Crippen molar-refractivity contribution in [2.45, 2.75) is 70.3 Å². The summed E-state index contributed by atoms with van der Waals surface area (Å²) in [6.45, 7) is 2.34. The summed E-state index contributed by atoms with van der Waals surface area (Å²) in [6, 6.07) is 0.518. The summed E-state index contributed by atoms with van der Waals surface area (Å²) in [6.07, 6.45) is 11.8. The molecule has 0 amide bonds. The van der Waals surface area contributed by atoms with E-state index in [-0.39, 0.29) is 0 Å². The number of thiophene rings is 1. The van der Waals surface area contributed by atoms with Crippen LogP contribution in [0.4, 0.5) is 5.95 Å². The predicted molar refractivity (Wildman–Crippen MR) is 98.0 cm³/mol. The monoisotopic (exact) mass is 341 g/mol. The molecule has 24 heavy (non-hydrogen) atoms. The lowest BCUT2D eigenvalue weighted by molar-refractivity contribution is 0.460. The van der Waals surface area contributed by atoms with Crippen molar-refractivity contribution in [2.75, 3.05) is 5.32 Å². The van der Waals surface area contributed by atoms with Gasteiger partial charge in [0.05, 0.1) is 5.39 Å². The van der Waals surface area contributed by atoms with Crippen molar-refractivity contribution in [1.29, 1.82) is 0 Å². The predicted octanol–water partition coefficient (Wildman–Crippen LogP) is 4.52. The second-order valence-electron chi connectivity index (χ2n) is 7.32.